The molecule has 6 heteroatoms. The average Bonchev–Trinajstić information content (AvgIpc) is 2.96. The van der Waals surface area contributed by atoms with Crippen molar-refractivity contribution in [2.75, 3.05) is 38.2 Å². The van der Waals surface area contributed by atoms with Gasteiger partial charge in [-0.2, -0.15) is 0 Å². The molecule has 2 aromatic rings. The van der Waals surface area contributed by atoms with Gasteiger partial charge in [0.1, 0.15) is 18.1 Å². The third kappa shape index (κ3) is 4.54. The van der Waals surface area contributed by atoms with Crippen LogP contribution < -0.4 is 10.2 Å². The lowest BCUT2D eigenvalue weighted by Gasteiger charge is -2.23. The smallest absolute Gasteiger partial charge is 0.280 e. The molecule has 3 rings (SSSR count). The van der Waals surface area contributed by atoms with Crippen molar-refractivity contribution in [1.82, 2.24) is 0 Å². The zero-order chi connectivity index (χ0) is 17.8. The number of ether oxygens (including phenoxy) is 1. The fraction of sp³-hybridized carbons (Fsp3) is 0.368. The average molecular weight is 359 g/mol. The molecule has 1 saturated heterocycles. The van der Waals surface area contributed by atoms with Gasteiger partial charge in [0.2, 0.25) is 0 Å². The van der Waals surface area contributed by atoms with Crippen LogP contribution in [0.3, 0.4) is 0 Å². The number of quaternary nitrogens is 1. The molecule has 1 aromatic carbocycles. The number of amides is 1. The topological polar surface area (TPSA) is 59.8 Å². The van der Waals surface area contributed by atoms with Crippen LogP contribution in [0.2, 0.25) is 0 Å². The number of aryl methyl sites for hydroxylation is 2. The highest BCUT2D eigenvalue weighted by molar-refractivity contribution is 7.16. The number of anilines is 1. The minimum atomic E-state index is -0.0586. The van der Waals surface area contributed by atoms with Gasteiger partial charge in [0, 0.05) is 10.4 Å². The van der Waals surface area contributed by atoms with E-state index in [0.29, 0.717) is 35.9 Å². The maximum absolute atomic E-state index is 12.8. The second-order valence-corrected chi connectivity index (χ2v) is 7.64. The van der Waals surface area contributed by atoms with E-state index in [9.17, 15) is 9.59 Å². The number of hydrogen-bond donors (Lipinski definition) is 2. The molecule has 2 N–H and O–H groups in total. The SMILES string of the molecule is Cc1ccc(C(=O)c2cc(C)sc2NC(=O)C[NH+]2CCOCC2)cc1. The Labute approximate surface area is 151 Å². The van der Waals surface area contributed by atoms with Gasteiger partial charge in [0.15, 0.2) is 12.3 Å². The van der Waals surface area contributed by atoms with Gasteiger partial charge in [-0.25, -0.2) is 0 Å². The maximum Gasteiger partial charge on any atom is 0.280 e. The molecule has 0 spiro atoms. The van der Waals surface area contributed by atoms with Crippen molar-refractivity contribution in [2.24, 2.45) is 0 Å². The highest BCUT2D eigenvalue weighted by Gasteiger charge is 2.21. The Morgan fingerprint density at radius 2 is 1.84 bits per heavy atom. The molecular weight excluding hydrogens is 336 g/mol. The number of rotatable bonds is 5. The van der Waals surface area contributed by atoms with Crippen LogP contribution in [0, 0.1) is 13.8 Å². The monoisotopic (exact) mass is 359 g/mol. The molecule has 1 fully saturated rings. The Bertz CT molecular complexity index is 761. The van der Waals surface area contributed by atoms with E-state index < -0.39 is 0 Å². The molecular formula is C19H23N2O3S+. The number of carbonyl (C=O) groups is 2. The van der Waals surface area contributed by atoms with Crippen LogP contribution in [0.1, 0.15) is 26.4 Å². The molecule has 0 atom stereocenters. The van der Waals surface area contributed by atoms with Crippen molar-refractivity contribution >= 4 is 28.0 Å². The number of ketones is 1. The summed E-state index contributed by atoms with van der Waals surface area (Å²) in [6, 6.07) is 9.35. The van der Waals surface area contributed by atoms with E-state index in [1.54, 1.807) is 0 Å². The summed E-state index contributed by atoms with van der Waals surface area (Å²) in [6.45, 7) is 7.40. The molecule has 5 nitrogen and oxygen atoms in total. The van der Waals surface area contributed by atoms with Gasteiger partial charge < -0.3 is 15.0 Å². The summed E-state index contributed by atoms with van der Waals surface area (Å²) in [5, 5.41) is 3.58. The molecule has 25 heavy (non-hydrogen) atoms. The van der Waals surface area contributed by atoms with E-state index in [-0.39, 0.29) is 11.7 Å². The van der Waals surface area contributed by atoms with E-state index in [4.69, 9.17) is 4.74 Å². The standard InChI is InChI=1S/C19H22N2O3S/c1-13-3-5-15(6-4-13)18(23)16-11-14(2)25-19(16)20-17(22)12-21-7-9-24-10-8-21/h3-6,11H,7-10,12H2,1-2H3,(H,20,22)/p+1. The third-order valence-electron chi connectivity index (χ3n) is 4.28. The predicted octanol–water partition coefficient (Wildman–Crippen LogP) is 1.45. The first-order valence-electron chi connectivity index (χ1n) is 8.46. The van der Waals surface area contributed by atoms with Crippen LogP contribution in [0.5, 0.6) is 0 Å². The molecule has 1 aromatic heterocycles. The molecule has 0 unspecified atom stereocenters. The minimum Gasteiger partial charge on any atom is -0.370 e. The Kier molecular flexibility index (Phi) is 5.63. The van der Waals surface area contributed by atoms with Crippen molar-refractivity contribution < 1.29 is 19.2 Å². The van der Waals surface area contributed by atoms with Crippen molar-refractivity contribution in [3.8, 4) is 0 Å². The summed E-state index contributed by atoms with van der Waals surface area (Å²) in [4.78, 5) is 27.4. The number of carbonyl (C=O) groups excluding carboxylic acids is 2. The summed E-state index contributed by atoms with van der Waals surface area (Å²) < 4.78 is 5.32. The molecule has 1 aliphatic heterocycles. The molecule has 1 amide bonds. The quantitative estimate of drug-likeness (QED) is 0.795. The Hall–Kier alpha value is -2.02. The zero-order valence-electron chi connectivity index (χ0n) is 14.6. The van der Waals surface area contributed by atoms with Crippen LogP contribution in [0.4, 0.5) is 5.00 Å². The van der Waals surface area contributed by atoms with Gasteiger partial charge in [-0.15, -0.1) is 11.3 Å². The highest BCUT2D eigenvalue weighted by atomic mass is 32.1. The van der Waals surface area contributed by atoms with Crippen LogP contribution >= 0.6 is 11.3 Å². The van der Waals surface area contributed by atoms with Crippen molar-refractivity contribution in [2.45, 2.75) is 13.8 Å². The molecule has 0 aliphatic carbocycles. The maximum atomic E-state index is 12.8. The Morgan fingerprint density at radius 3 is 2.52 bits per heavy atom. The first-order valence-corrected chi connectivity index (χ1v) is 9.27. The number of morpholine rings is 1. The minimum absolute atomic E-state index is 0.0571. The van der Waals surface area contributed by atoms with Crippen molar-refractivity contribution in [3.05, 3.63) is 51.9 Å². The number of hydrogen-bond acceptors (Lipinski definition) is 4. The highest BCUT2D eigenvalue weighted by Crippen LogP contribution is 2.29. The molecule has 132 valence electrons. The number of benzene rings is 1. The second kappa shape index (κ2) is 7.91. The summed E-state index contributed by atoms with van der Waals surface area (Å²) in [7, 11) is 0. The third-order valence-corrected chi connectivity index (χ3v) is 5.24. The van der Waals surface area contributed by atoms with Crippen molar-refractivity contribution in [1.29, 1.82) is 0 Å². The molecule has 0 radical (unpaired) electrons. The van der Waals surface area contributed by atoms with Crippen LogP contribution in [0.15, 0.2) is 30.3 Å². The molecule has 0 bridgehead atoms. The normalized spacial score (nSPS) is 15.1. The van der Waals surface area contributed by atoms with E-state index in [0.717, 1.165) is 23.5 Å². The first-order chi connectivity index (χ1) is 12.0. The fourth-order valence-corrected chi connectivity index (χ4v) is 3.80. The van der Waals surface area contributed by atoms with Crippen LogP contribution in [-0.4, -0.2) is 44.5 Å². The largest absolute Gasteiger partial charge is 0.370 e. The van der Waals surface area contributed by atoms with E-state index in [1.165, 1.54) is 16.2 Å². The summed E-state index contributed by atoms with van der Waals surface area (Å²) in [6.07, 6.45) is 0. The Balaban J connectivity index is 1.72. The molecule has 2 heterocycles. The predicted molar refractivity (Wildman–Crippen MR) is 98.7 cm³/mol. The fourth-order valence-electron chi connectivity index (χ4n) is 2.87. The van der Waals surface area contributed by atoms with Crippen LogP contribution in [-0.2, 0) is 9.53 Å². The summed E-state index contributed by atoms with van der Waals surface area (Å²) in [5.41, 5.74) is 2.31. The second-order valence-electron chi connectivity index (χ2n) is 6.38. The van der Waals surface area contributed by atoms with E-state index >= 15 is 0 Å². The molecule has 0 saturated carbocycles. The van der Waals surface area contributed by atoms with Gasteiger partial charge in [-0.1, -0.05) is 29.8 Å². The van der Waals surface area contributed by atoms with Gasteiger partial charge in [0.25, 0.3) is 5.91 Å². The van der Waals surface area contributed by atoms with E-state index in [2.05, 4.69) is 5.32 Å². The van der Waals surface area contributed by atoms with Gasteiger partial charge >= 0.3 is 0 Å². The van der Waals surface area contributed by atoms with Gasteiger partial charge in [0.05, 0.1) is 18.8 Å². The Morgan fingerprint density at radius 1 is 1.16 bits per heavy atom. The van der Waals surface area contributed by atoms with Crippen molar-refractivity contribution in [3.63, 3.8) is 0 Å². The van der Waals surface area contributed by atoms with Gasteiger partial charge in [-0.05, 0) is 19.9 Å². The lowest BCUT2D eigenvalue weighted by molar-refractivity contribution is -0.899. The number of thiophene rings is 1. The lowest BCUT2D eigenvalue weighted by atomic mass is 10.0. The van der Waals surface area contributed by atoms with Gasteiger partial charge in [-0.3, -0.25) is 9.59 Å². The first kappa shape index (κ1) is 17.8. The lowest BCUT2D eigenvalue weighted by Crippen LogP contribution is -3.15. The number of nitrogens with one attached hydrogen (secondary N) is 2. The summed E-state index contributed by atoms with van der Waals surface area (Å²) >= 11 is 1.44. The zero-order valence-corrected chi connectivity index (χ0v) is 15.4. The van der Waals surface area contributed by atoms with E-state index in [1.807, 2.05) is 44.2 Å². The summed E-state index contributed by atoms with van der Waals surface area (Å²) in [5.74, 6) is -0.116. The van der Waals surface area contributed by atoms with Crippen LogP contribution in [0.25, 0.3) is 0 Å². The molecule has 1 aliphatic rings.